The molecule has 1 amide bonds. The van der Waals surface area contributed by atoms with E-state index in [0.29, 0.717) is 17.5 Å². The Labute approximate surface area is 90.8 Å². The Balaban J connectivity index is 1.98. The first-order chi connectivity index (χ1) is 7.24. The average Bonchev–Trinajstić information content (AvgIpc) is 2.64. The molecular weight excluding hydrogens is 215 g/mol. The van der Waals surface area contributed by atoms with Crippen LogP contribution in [0, 0.1) is 5.82 Å². The Morgan fingerprint density at radius 2 is 2.13 bits per heavy atom. The van der Waals surface area contributed by atoms with Crippen molar-refractivity contribution in [3.05, 3.63) is 35.6 Å². The van der Waals surface area contributed by atoms with E-state index in [-0.39, 0.29) is 11.7 Å². The van der Waals surface area contributed by atoms with E-state index in [1.807, 2.05) is 0 Å². The minimum absolute atomic E-state index is 0.0159. The lowest BCUT2D eigenvalue weighted by molar-refractivity contribution is -0.116. The van der Waals surface area contributed by atoms with Gasteiger partial charge in [0.05, 0.1) is 12.3 Å². The van der Waals surface area contributed by atoms with E-state index in [9.17, 15) is 9.18 Å². The van der Waals surface area contributed by atoms with Gasteiger partial charge in [0.1, 0.15) is 5.82 Å². The van der Waals surface area contributed by atoms with Crippen molar-refractivity contribution in [2.75, 3.05) is 5.75 Å². The van der Waals surface area contributed by atoms with Crippen molar-refractivity contribution in [2.45, 2.75) is 6.54 Å². The van der Waals surface area contributed by atoms with E-state index in [0.717, 1.165) is 5.56 Å². The van der Waals surface area contributed by atoms with Crippen LogP contribution in [0.1, 0.15) is 5.56 Å². The van der Waals surface area contributed by atoms with Gasteiger partial charge in [-0.2, -0.15) is 0 Å². The lowest BCUT2D eigenvalue weighted by Gasteiger charge is -1.97. The number of nitrogens with one attached hydrogen (secondary N) is 1. The number of carbonyl (C=O) groups is 1. The second kappa shape index (κ2) is 4.44. The smallest absolute Gasteiger partial charge is 0.236 e. The molecule has 0 atom stereocenters. The standard InChI is InChI=1S/C10H9FN2OS/c11-8-3-1-7(2-4-8)5-12-10-13-9(14)6-15-10/h1-4H,5-6H2,(H,12,13,14). The molecule has 0 saturated carbocycles. The predicted molar refractivity (Wildman–Crippen MR) is 58.1 cm³/mol. The molecule has 1 aromatic carbocycles. The highest BCUT2D eigenvalue weighted by atomic mass is 32.2. The maximum atomic E-state index is 12.6. The van der Waals surface area contributed by atoms with Crippen LogP contribution in [0.3, 0.4) is 0 Å². The summed E-state index contributed by atoms with van der Waals surface area (Å²) in [6.45, 7) is 0.461. The first kappa shape index (κ1) is 10.2. The zero-order chi connectivity index (χ0) is 10.7. The molecule has 0 radical (unpaired) electrons. The van der Waals surface area contributed by atoms with Crippen LogP contribution in [-0.2, 0) is 11.3 Å². The number of carbonyl (C=O) groups excluding carboxylic acids is 1. The number of halogens is 1. The van der Waals surface area contributed by atoms with Crippen LogP contribution >= 0.6 is 11.8 Å². The van der Waals surface area contributed by atoms with E-state index in [2.05, 4.69) is 10.3 Å². The Morgan fingerprint density at radius 1 is 1.40 bits per heavy atom. The zero-order valence-corrected chi connectivity index (χ0v) is 8.68. The fourth-order valence-electron chi connectivity index (χ4n) is 1.16. The van der Waals surface area contributed by atoms with Crippen LogP contribution < -0.4 is 5.32 Å². The van der Waals surface area contributed by atoms with E-state index in [1.54, 1.807) is 12.1 Å². The molecule has 2 rings (SSSR count). The number of aliphatic imine (C=N–C) groups is 1. The van der Waals surface area contributed by atoms with Crippen LogP contribution in [0.4, 0.5) is 4.39 Å². The topological polar surface area (TPSA) is 41.5 Å². The van der Waals surface area contributed by atoms with Gasteiger partial charge in [0.25, 0.3) is 0 Å². The summed E-state index contributed by atoms with van der Waals surface area (Å²) in [6, 6.07) is 6.16. The molecule has 1 heterocycles. The molecule has 1 saturated heterocycles. The fraction of sp³-hybridized carbons (Fsp3) is 0.200. The number of thioether (sulfide) groups is 1. The second-order valence-electron chi connectivity index (χ2n) is 3.08. The molecule has 0 aliphatic carbocycles. The number of hydrogen-bond acceptors (Lipinski definition) is 3. The molecule has 3 nitrogen and oxygen atoms in total. The number of hydrogen-bond donors (Lipinski definition) is 1. The molecule has 1 fully saturated rings. The number of amidine groups is 1. The van der Waals surface area contributed by atoms with E-state index < -0.39 is 0 Å². The van der Waals surface area contributed by atoms with Gasteiger partial charge in [0.2, 0.25) is 5.91 Å². The minimum Gasteiger partial charge on any atom is -0.305 e. The van der Waals surface area contributed by atoms with E-state index in [1.165, 1.54) is 23.9 Å². The van der Waals surface area contributed by atoms with Crippen LogP contribution in [0.2, 0.25) is 0 Å². The molecule has 5 heteroatoms. The third kappa shape index (κ3) is 2.79. The van der Waals surface area contributed by atoms with Gasteiger partial charge in [0, 0.05) is 0 Å². The normalized spacial score (nSPS) is 18.2. The maximum Gasteiger partial charge on any atom is 0.236 e. The van der Waals surface area contributed by atoms with Crippen LogP contribution in [0.25, 0.3) is 0 Å². The molecular formula is C10H9FN2OS. The number of rotatable bonds is 2. The van der Waals surface area contributed by atoms with Crippen LogP contribution in [0.15, 0.2) is 29.3 Å². The third-order valence-corrected chi connectivity index (χ3v) is 2.82. The van der Waals surface area contributed by atoms with Gasteiger partial charge in [-0.3, -0.25) is 9.79 Å². The van der Waals surface area contributed by atoms with Crippen molar-refractivity contribution in [3.63, 3.8) is 0 Å². The number of benzene rings is 1. The first-order valence-electron chi connectivity index (χ1n) is 4.45. The van der Waals surface area contributed by atoms with Gasteiger partial charge in [0.15, 0.2) is 5.17 Å². The Bertz CT molecular complexity index is 402. The van der Waals surface area contributed by atoms with Crippen molar-refractivity contribution >= 4 is 22.8 Å². The van der Waals surface area contributed by atoms with Crippen molar-refractivity contribution in [1.29, 1.82) is 0 Å². The quantitative estimate of drug-likeness (QED) is 0.828. The molecule has 0 aromatic heterocycles. The van der Waals surface area contributed by atoms with Crippen LogP contribution in [0.5, 0.6) is 0 Å². The molecule has 0 spiro atoms. The van der Waals surface area contributed by atoms with Crippen molar-refractivity contribution in [3.8, 4) is 0 Å². The second-order valence-corrected chi connectivity index (χ2v) is 4.05. The summed E-state index contributed by atoms with van der Waals surface area (Å²) in [5.41, 5.74) is 0.922. The number of nitrogens with zero attached hydrogens (tertiary/aromatic N) is 1. The van der Waals surface area contributed by atoms with Crippen molar-refractivity contribution in [2.24, 2.45) is 4.99 Å². The summed E-state index contributed by atoms with van der Waals surface area (Å²) in [4.78, 5) is 15.0. The highest BCUT2D eigenvalue weighted by Gasteiger charge is 2.15. The Hall–Kier alpha value is -1.36. The van der Waals surface area contributed by atoms with Gasteiger partial charge < -0.3 is 5.32 Å². The molecule has 1 N–H and O–H groups in total. The zero-order valence-electron chi connectivity index (χ0n) is 7.87. The SMILES string of the molecule is O=C1CSC(=NCc2ccc(F)cc2)N1. The summed E-state index contributed by atoms with van der Waals surface area (Å²) in [7, 11) is 0. The van der Waals surface area contributed by atoms with E-state index in [4.69, 9.17) is 0 Å². The molecule has 1 aliphatic rings. The Morgan fingerprint density at radius 3 is 2.73 bits per heavy atom. The maximum absolute atomic E-state index is 12.6. The highest BCUT2D eigenvalue weighted by Crippen LogP contribution is 2.11. The molecule has 15 heavy (non-hydrogen) atoms. The summed E-state index contributed by atoms with van der Waals surface area (Å²) < 4.78 is 12.6. The van der Waals surface area contributed by atoms with Gasteiger partial charge in [-0.1, -0.05) is 23.9 Å². The monoisotopic (exact) mass is 224 g/mol. The summed E-state index contributed by atoms with van der Waals surface area (Å²) in [6.07, 6.45) is 0. The molecule has 0 bridgehead atoms. The van der Waals surface area contributed by atoms with Gasteiger partial charge >= 0.3 is 0 Å². The van der Waals surface area contributed by atoms with Gasteiger partial charge in [-0.15, -0.1) is 0 Å². The summed E-state index contributed by atoms with van der Waals surface area (Å²) in [5, 5.41) is 3.28. The Kier molecular flexibility index (Phi) is 3.01. The summed E-state index contributed by atoms with van der Waals surface area (Å²) in [5.74, 6) is 0.162. The fourth-order valence-corrected chi connectivity index (χ4v) is 1.85. The van der Waals surface area contributed by atoms with E-state index >= 15 is 0 Å². The predicted octanol–water partition coefficient (Wildman–Crippen LogP) is 1.54. The third-order valence-electron chi connectivity index (χ3n) is 1.90. The molecule has 1 aliphatic heterocycles. The van der Waals surface area contributed by atoms with Crippen molar-refractivity contribution in [1.82, 2.24) is 5.32 Å². The van der Waals surface area contributed by atoms with Crippen molar-refractivity contribution < 1.29 is 9.18 Å². The average molecular weight is 224 g/mol. The van der Waals surface area contributed by atoms with Gasteiger partial charge in [-0.05, 0) is 17.7 Å². The molecule has 78 valence electrons. The van der Waals surface area contributed by atoms with Gasteiger partial charge in [-0.25, -0.2) is 4.39 Å². The van der Waals surface area contributed by atoms with Crippen LogP contribution in [-0.4, -0.2) is 16.8 Å². The summed E-state index contributed by atoms with van der Waals surface area (Å²) >= 11 is 1.39. The minimum atomic E-state index is -0.255. The first-order valence-corrected chi connectivity index (χ1v) is 5.44. The number of amides is 1. The lowest BCUT2D eigenvalue weighted by atomic mass is 10.2. The highest BCUT2D eigenvalue weighted by molar-refractivity contribution is 8.15. The lowest BCUT2D eigenvalue weighted by Crippen LogP contribution is -2.20. The largest absolute Gasteiger partial charge is 0.305 e. The molecule has 1 aromatic rings. The molecule has 0 unspecified atom stereocenters.